The van der Waals surface area contributed by atoms with Crippen molar-refractivity contribution in [1.29, 1.82) is 0 Å². The van der Waals surface area contributed by atoms with E-state index in [1.165, 1.54) is 18.4 Å². The van der Waals surface area contributed by atoms with Crippen LogP contribution in [0.25, 0.3) is 0 Å². The van der Waals surface area contributed by atoms with Crippen LogP contribution in [0.5, 0.6) is 0 Å². The van der Waals surface area contributed by atoms with Crippen LogP contribution in [0.3, 0.4) is 0 Å². The highest BCUT2D eigenvalue weighted by Crippen LogP contribution is 2.27. The summed E-state index contributed by atoms with van der Waals surface area (Å²) in [6, 6.07) is 1.79. The summed E-state index contributed by atoms with van der Waals surface area (Å²) in [5.41, 5.74) is 0.606. The maximum Gasteiger partial charge on any atom is 0.310 e. The molecule has 2 aliphatic heterocycles. The van der Waals surface area contributed by atoms with Crippen LogP contribution in [0.1, 0.15) is 28.1 Å². The Balaban J connectivity index is 1.67. The lowest BCUT2D eigenvalue weighted by molar-refractivity contribution is -0.139. The summed E-state index contributed by atoms with van der Waals surface area (Å²) >= 11 is 1.41. The fraction of sp³-hybridized carbons (Fsp3) is 0.625. The summed E-state index contributed by atoms with van der Waals surface area (Å²) in [5, 5.41) is 1.84. The molecule has 0 N–H and O–H groups in total. The van der Waals surface area contributed by atoms with Gasteiger partial charge in [-0.3, -0.25) is 9.59 Å². The molecule has 2 fully saturated rings. The lowest BCUT2D eigenvalue weighted by Crippen LogP contribution is -2.44. The lowest BCUT2D eigenvalue weighted by atomic mass is 9.96. The topological polar surface area (TPSA) is 65.1 Å². The van der Waals surface area contributed by atoms with Crippen LogP contribution in [0.2, 0.25) is 0 Å². The van der Waals surface area contributed by atoms with E-state index < -0.39 is 0 Å². The number of rotatable bonds is 4. The maximum absolute atomic E-state index is 12.8. The summed E-state index contributed by atoms with van der Waals surface area (Å²) in [4.78, 5) is 26.9. The first-order valence-electron chi connectivity index (χ1n) is 7.84. The first-order valence-corrected chi connectivity index (χ1v) is 8.72. The Bertz CT molecular complexity index is 567. The van der Waals surface area contributed by atoms with Crippen LogP contribution >= 0.6 is 11.3 Å². The summed E-state index contributed by atoms with van der Waals surface area (Å²) in [7, 11) is 1.36. The molecule has 0 radical (unpaired) electrons. The van der Waals surface area contributed by atoms with Crippen molar-refractivity contribution in [2.75, 3.05) is 33.4 Å². The van der Waals surface area contributed by atoms with Crippen molar-refractivity contribution in [2.45, 2.75) is 25.6 Å². The van der Waals surface area contributed by atoms with Gasteiger partial charge in [0.05, 0.1) is 32.3 Å². The zero-order chi connectivity index (χ0) is 16.2. The zero-order valence-electron chi connectivity index (χ0n) is 13.2. The minimum absolute atomic E-state index is 0.0205. The molecule has 7 heteroatoms. The minimum atomic E-state index is -0.328. The molecule has 1 aromatic rings. The first-order chi connectivity index (χ1) is 11.2. The number of amides is 1. The molecule has 23 heavy (non-hydrogen) atoms. The molecule has 1 amide bonds. The Labute approximate surface area is 139 Å². The van der Waals surface area contributed by atoms with Gasteiger partial charge in [-0.15, -0.1) is 11.3 Å². The molecule has 1 aromatic heterocycles. The highest BCUT2D eigenvalue weighted by Gasteiger charge is 2.33. The number of hydrogen-bond donors (Lipinski definition) is 0. The Morgan fingerprint density at radius 3 is 2.91 bits per heavy atom. The van der Waals surface area contributed by atoms with E-state index in [1.54, 1.807) is 6.07 Å². The van der Waals surface area contributed by atoms with E-state index in [2.05, 4.69) is 0 Å². The quantitative estimate of drug-likeness (QED) is 0.781. The van der Waals surface area contributed by atoms with Gasteiger partial charge in [-0.2, -0.15) is 0 Å². The summed E-state index contributed by atoms with van der Waals surface area (Å²) < 4.78 is 15.9. The van der Waals surface area contributed by atoms with Gasteiger partial charge in [-0.05, 0) is 24.3 Å². The molecule has 0 bridgehead atoms. The Hall–Kier alpha value is -1.44. The van der Waals surface area contributed by atoms with Crippen molar-refractivity contribution in [3.63, 3.8) is 0 Å². The van der Waals surface area contributed by atoms with Crippen molar-refractivity contribution in [2.24, 2.45) is 5.92 Å². The van der Waals surface area contributed by atoms with Gasteiger partial charge < -0.3 is 19.1 Å². The monoisotopic (exact) mass is 339 g/mol. The summed E-state index contributed by atoms with van der Waals surface area (Å²) in [6.07, 6.45) is 1.90. The second kappa shape index (κ2) is 7.42. The number of thiophene rings is 1. The van der Waals surface area contributed by atoms with Crippen molar-refractivity contribution < 1.29 is 23.8 Å². The number of ether oxygens (including phenoxy) is 3. The third-order valence-electron chi connectivity index (χ3n) is 4.29. The fourth-order valence-corrected chi connectivity index (χ4v) is 3.96. The molecule has 6 nitrogen and oxygen atoms in total. The van der Waals surface area contributed by atoms with Crippen LogP contribution in [0.4, 0.5) is 0 Å². The van der Waals surface area contributed by atoms with Gasteiger partial charge in [0.2, 0.25) is 0 Å². The molecule has 3 rings (SSSR count). The zero-order valence-corrected chi connectivity index (χ0v) is 14.0. The van der Waals surface area contributed by atoms with Crippen molar-refractivity contribution in [3.8, 4) is 0 Å². The number of likely N-dealkylation sites (tertiary alicyclic amines) is 1. The number of carbonyl (C=O) groups excluding carboxylic acids is 2. The standard InChI is InChI=1S/C16H21NO5S/c1-20-14(18)9-13-12(4-8-23-13)15(19)17-5-2-3-11(10-17)16-21-6-7-22-16/h4,8,11,16H,2-3,5-7,9-10H2,1H3. The van der Waals surface area contributed by atoms with Gasteiger partial charge in [-0.1, -0.05) is 0 Å². The molecule has 2 aliphatic rings. The van der Waals surface area contributed by atoms with Crippen LogP contribution < -0.4 is 0 Å². The van der Waals surface area contributed by atoms with Gasteiger partial charge in [0.25, 0.3) is 5.91 Å². The molecule has 0 aliphatic carbocycles. The van der Waals surface area contributed by atoms with E-state index >= 15 is 0 Å². The summed E-state index contributed by atoms with van der Waals surface area (Å²) in [5.74, 6) is -0.128. The number of piperidine rings is 1. The first kappa shape index (κ1) is 16.4. The Morgan fingerprint density at radius 2 is 2.17 bits per heavy atom. The second-order valence-corrected chi connectivity index (χ2v) is 6.77. The molecule has 126 valence electrons. The minimum Gasteiger partial charge on any atom is -0.469 e. The van der Waals surface area contributed by atoms with Crippen LogP contribution in [0, 0.1) is 5.92 Å². The van der Waals surface area contributed by atoms with Crippen LogP contribution in [0.15, 0.2) is 11.4 Å². The molecule has 0 spiro atoms. The van der Waals surface area contributed by atoms with Crippen molar-refractivity contribution >= 4 is 23.2 Å². The molecule has 3 heterocycles. The Kier molecular flexibility index (Phi) is 5.30. The molecule has 1 atom stereocenters. The van der Waals surface area contributed by atoms with E-state index in [0.717, 1.165) is 24.3 Å². The molecule has 0 aromatic carbocycles. The van der Waals surface area contributed by atoms with Gasteiger partial charge in [0, 0.05) is 23.9 Å². The number of esters is 1. The van der Waals surface area contributed by atoms with Gasteiger partial charge in [0.15, 0.2) is 6.29 Å². The molecule has 2 saturated heterocycles. The smallest absolute Gasteiger partial charge is 0.310 e. The van der Waals surface area contributed by atoms with Crippen molar-refractivity contribution in [3.05, 3.63) is 21.9 Å². The fourth-order valence-electron chi connectivity index (χ4n) is 3.11. The SMILES string of the molecule is COC(=O)Cc1sccc1C(=O)N1CCCC(C2OCCO2)C1. The van der Waals surface area contributed by atoms with Crippen molar-refractivity contribution in [1.82, 2.24) is 4.90 Å². The molecule has 0 saturated carbocycles. The van der Waals surface area contributed by atoms with Gasteiger partial charge >= 0.3 is 5.97 Å². The average molecular weight is 339 g/mol. The number of nitrogens with zero attached hydrogens (tertiary/aromatic N) is 1. The molecule has 1 unspecified atom stereocenters. The summed E-state index contributed by atoms with van der Waals surface area (Å²) in [6.45, 7) is 2.62. The largest absolute Gasteiger partial charge is 0.469 e. The average Bonchev–Trinajstić information content (AvgIpc) is 3.26. The second-order valence-electron chi connectivity index (χ2n) is 5.77. The number of methoxy groups -OCH3 is 1. The predicted molar refractivity (Wildman–Crippen MR) is 84.4 cm³/mol. The third kappa shape index (κ3) is 3.73. The van der Waals surface area contributed by atoms with Gasteiger partial charge in [0.1, 0.15) is 0 Å². The lowest BCUT2D eigenvalue weighted by Gasteiger charge is -2.34. The van der Waals surface area contributed by atoms with E-state index in [0.29, 0.717) is 25.3 Å². The number of carbonyl (C=O) groups is 2. The normalized spacial score (nSPS) is 22.3. The van der Waals surface area contributed by atoms with Crippen LogP contribution in [-0.2, 0) is 25.4 Å². The van der Waals surface area contributed by atoms with E-state index in [4.69, 9.17) is 14.2 Å². The van der Waals surface area contributed by atoms with Gasteiger partial charge in [-0.25, -0.2) is 0 Å². The van der Waals surface area contributed by atoms with E-state index in [9.17, 15) is 9.59 Å². The maximum atomic E-state index is 12.8. The van der Waals surface area contributed by atoms with Crippen LogP contribution in [-0.4, -0.2) is 56.5 Å². The highest BCUT2D eigenvalue weighted by atomic mass is 32.1. The number of hydrogen-bond acceptors (Lipinski definition) is 6. The Morgan fingerprint density at radius 1 is 1.39 bits per heavy atom. The third-order valence-corrected chi connectivity index (χ3v) is 5.21. The molecular formula is C16H21NO5S. The predicted octanol–water partition coefficient (Wildman–Crippen LogP) is 1.69. The molecular weight excluding hydrogens is 318 g/mol. The van der Waals surface area contributed by atoms with E-state index in [1.807, 2.05) is 10.3 Å². The van der Waals surface area contributed by atoms with E-state index in [-0.39, 0.29) is 30.5 Å². The highest BCUT2D eigenvalue weighted by molar-refractivity contribution is 7.10.